The molecule has 0 bridgehead atoms. The fourth-order valence-corrected chi connectivity index (χ4v) is 2.34. The van der Waals surface area contributed by atoms with Crippen molar-refractivity contribution in [3.05, 3.63) is 46.9 Å². The monoisotopic (exact) mass is 392 g/mol. The number of methoxy groups -OCH3 is 3. The van der Waals surface area contributed by atoms with Crippen molar-refractivity contribution in [1.82, 2.24) is 0 Å². The van der Waals surface area contributed by atoms with Crippen LogP contribution in [0.4, 0.5) is 0 Å². The van der Waals surface area contributed by atoms with Crippen LogP contribution in [0, 0.1) is 0 Å². The molecule has 28 heavy (non-hydrogen) atoms. The van der Waals surface area contributed by atoms with Crippen molar-refractivity contribution in [2.24, 2.45) is 0 Å². The number of cyclic esters (lactones) is 1. The molecule has 0 atom stereocenters. The van der Waals surface area contributed by atoms with Crippen LogP contribution in [0.2, 0.25) is 0 Å². The first-order valence-corrected chi connectivity index (χ1v) is 8.03. The molecule has 0 aromatic heterocycles. The number of hydrogen-bond acceptors (Lipinski definition) is 9. The lowest BCUT2D eigenvalue weighted by Gasteiger charge is -2.13. The summed E-state index contributed by atoms with van der Waals surface area (Å²) < 4.78 is 25.6. The van der Waals surface area contributed by atoms with Crippen molar-refractivity contribution < 1.29 is 43.5 Å². The third kappa shape index (κ3) is 4.76. The van der Waals surface area contributed by atoms with Crippen molar-refractivity contribution in [2.75, 3.05) is 34.5 Å². The Morgan fingerprint density at radius 3 is 2.50 bits per heavy atom. The molecule has 0 radical (unpaired) electrons. The normalized spacial score (nSPS) is 14.2. The summed E-state index contributed by atoms with van der Waals surface area (Å²) in [6.07, 6.45) is 3.77. The summed E-state index contributed by atoms with van der Waals surface area (Å²) in [6, 6.07) is 3.35. The van der Waals surface area contributed by atoms with Crippen LogP contribution in [-0.4, -0.2) is 56.7 Å². The van der Waals surface area contributed by atoms with Gasteiger partial charge in [0.2, 0.25) is 11.5 Å². The first-order valence-electron chi connectivity index (χ1n) is 8.03. The lowest BCUT2D eigenvalue weighted by Crippen LogP contribution is -2.11. The Bertz CT molecular complexity index is 849. The van der Waals surface area contributed by atoms with Crippen molar-refractivity contribution >= 4 is 18.0 Å². The van der Waals surface area contributed by atoms with Crippen LogP contribution in [0.1, 0.15) is 5.56 Å². The lowest BCUT2D eigenvalue weighted by atomic mass is 10.1. The number of esters is 2. The van der Waals surface area contributed by atoms with E-state index in [0.717, 1.165) is 6.08 Å². The molecule has 0 spiro atoms. The van der Waals surface area contributed by atoms with Gasteiger partial charge < -0.3 is 33.9 Å². The van der Waals surface area contributed by atoms with Gasteiger partial charge in [0.1, 0.15) is 13.2 Å². The molecular formula is C19H20O9. The van der Waals surface area contributed by atoms with Crippen LogP contribution in [-0.2, 0) is 19.1 Å². The zero-order chi connectivity index (χ0) is 20.7. The summed E-state index contributed by atoms with van der Waals surface area (Å²) in [7, 11) is 4.43. The Kier molecular flexibility index (Phi) is 6.91. The van der Waals surface area contributed by atoms with Crippen molar-refractivity contribution in [2.45, 2.75) is 0 Å². The molecule has 0 unspecified atom stereocenters. The first-order chi connectivity index (χ1) is 13.4. The number of carbonyl (C=O) groups is 2. The van der Waals surface area contributed by atoms with Gasteiger partial charge >= 0.3 is 11.9 Å². The maximum Gasteiger partial charge on any atom is 0.377 e. The van der Waals surface area contributed by atoms with Crippen LogP contribution in [0.25, 0.3) is 6.08 Å². The maximum atomic E-state index is 12.0. The topological polar surface area (TPSA) is 121 Å². The minimum Gasteiger partial charge on any atom is -0.504 e. The number of benzene rings is 1. The van der Waals surface area contributed by atoms with Crippen LogP contribution in [0.5, 0.6) is 17.2 Å². The molecule has 9 nitrogen and oxygen atoms in total. The maximum absolute atomic E-state index is 12.0. The Hall–Kier alpha value is -3.62. The van der Waals surface area contributed by atoms with Crippen LogP contribution >= 0.6 is 0 Å². The van der Waals surface area contributed by atoms with E-state index in [1.165, 1.54) is 33.5 Å². The number of hydrogen-bond donors (Lipinski definition) is 2. The number of ether oxygens (including phenoxy) is 5. The number of carbonyl (C=O) groups excluding carboxylic acids is 2. The SMILES string of the molecule is COc1ccc(/C=C/C(=O)OCC2=CC(O)=C(O)C(=O)OC2)c(OC)c1OC. The highest BCUT2D eigenvalue weighted by atomic mass is 16.6. The largest absolute Gasteiger partial charge is 0.504 e. The molecule has 150 valence electrons. The smallest absolute Gasteiger partial charge is 0.377 e. The molecule has 2 rings (SSSR count). The van der Waals surface area contributed by atoms with Gasteiger partial charge in [0.15, 0.2) is 17.3 Å². The van der Waals surface area contributed by atoms with Gasteiger partial charge in [-0.25, -0.2) is 9.59 Å². The van der Waals surface area contributed by atoms with E-state index in [1.54, 1.807) is 12.1 Å². The van der Waals surface area contributed by atoms with E-state index in [2.05, 4.69) is 0 Å². The summed E-state index contributed by atoms with van der Waals surface area (Å²) in [5.41, 5.74) is 0.852. The second-order valence-corrected chi connectivity index (χ2v) is 5.48. The van der Waals surface area contributed by atoms with E-state index in [4.69, 9.17) is 23.7 Å². The van der Waals surface area contributed by atoms with Crippen LogP contribution in [0.3, 0.4) is 0 Å². The predicted molar refractivity (Wildman–Crippen MR) is 97.4 cm³/mol. The van der Waals surface area contributed by atoms with Crippen LogP contribution < -0.4 is 14.2 Å². The highest BCUT2D eigenvalue weighted by Crippen LogP contribution is 2.40. The molecule has 1 aliphatic rings. The molecule has 0 fully saturated rings. The molecule has 1 aromatic rings. The average molecular weight is 392 g/mol. The zero-order valence-corrected chi connectivity index (χ0v) is 15.6. The third-order valence-electron chi connectivity index (χ3n) is 3.70. The molecule has 9 heteroatoms. The number of aliphatic hydroxyl groups is 2. The van der Waals surface area contributed by atoms with Gasteiger partial charge in [0.05, 0.1) is 21.3 Å². The first kappa shape index (κ1) is 20.7. The molecule has 0 saturated carbocycles. The second kappa shape index (κ2) is 9.36. The van der Waals surface area contributed by atoms with Gasteiger partial charge in [-0.1, -0.05) is 0 Å². The van der Waals surface area contributed by atoms with E-state index in [-0.39, 0.29) is 13.2 Å². The summed E-state index contributed by atoms with van der Waals surface area (Å²) in [5.74, 6) is -2.05. The fourth-order valence-electron chi connectivity index (χ4n) is 2.34. The van der Waals surface area contributed by atoms with Crippen molar-refractivity contribution in [3.8, 4) is 17.2 Å². The quantitative estimate of drug-likeness (QED) is 0.530. The number of aliphatic hydroxyl groups excluding tert-OH is 2. The van der Waals surface area contributed by atoms with Gasteiger partial charge in [-0.15, -0.1) is 0 Å². The van der Waals surface area contributed by atoms with Crippen LogP contribution in [0.15, 0.2) is 41.4 Å². The van der Waals surface area contributed by atoms with Crippen molar-refractivity contribution in [3.63, 3.8) is 0 Å². The van der Waals surface area contributed by atoms with Gasteiger partial charge in [-0.2, -0.15) is 0 Å². The molecular weight excluding hydrogens is 372 g/mol. The minimum absolute atomic E-state index is 0.229. The third-order valence-corrected chi connectivity index (χ3v) is 3.70. The summed E-state index contributed by atoms with van der Waals surface area (Å²) in [4.78, 5) is 23.2. The van der Waals surface area contributed by atoms with E-state index < -0.39 is 23.5 Å². The molecule has 0 saturated heterocycles. The fraction of sp³-hybridized carbons (Fsp3) is 0.263. The van der Waals surface area contributed by atoms with Gasteiger partial charge in [-0.3, -0.25) is 0 Å². The summed E-state index contributed by atoms with van der Waals surface area (Å²) in [6.45, 7) is -0.468. The van der Waals surface area contributed by atoms with E-state index >= 15 is 0 Å². The highest BCUT2D eigenvalue weighted by molar-refractivity contribution is 5.88. The van der Waals surface area contributed by atoms with Gasteiger partial charge in [0.25, 0.3) is 0 Å². The van der Waals surface area contributed by atoms with Gasteiger partial charge in [-0.05, 0) is 24.3 Å². The molecule has 1 aliphatic heterocycles. The number of rotatable bonds is 7. The zero-order valence-electron chi connectivity index (χ0n) is 15.6. The minimum atomic E-state index is -1.06. The Balaban J connectivity index is 2.07. The second-order valence-electron chi connectivity index (χ2n) is 5.48. The Morgan fingerprint density at radius 2 is 1.86 bits per heavy atom. The molecule has 1 heterocycles. The summed E-state index contributed by atoms with van der Waals surface area (Å²) in [5, 5.41) is 18.8. The standard InChI is InChI=1S/C19H20O9/c1-24-14-6-4-12(17(25-2)18(14)26-3)5-7-15(21)27-9-11-8-13(20)16(22)19(23)28-10-11/h4-8,20,22H,9-10H2,1-3H3/b7-5+. The van der Waals surface area contributed by atoms with Gasteiger partial charge in [0, 0.05) is 17.2 Å². The molecule has 0 amide bonds. The predicted octanol–water partition coefficient (Wildman–Crippen LogP) is 2.08. The van der Waals surface area contributed by atoms with E-state index in [0.29, 0.717) is 28.4 Å². The Labute approximate surface area is 161 Å². The van der Waals surface area contributed by atoms with E-state index in [9.17, 15) is 19.8 Å². The Morgan fingerprint density at radius 1 is 1.14 bits per heavy atom. The lowest BCUT2D eigenvalue weighted by molar-refractivity contribution is -0.141. The van der Waals surface area contributed by atoms with E-state index in [1.807, 2.05) is 0 Å². The molecule has 0 aliphatic carbocycles. The van der Waals surface area contributed by atoms with Crippen molar-refractivity contribution in [1.29, 1.82) is 0 Å². The summed E-state index contributed by atoms with van der Waals surface area (Å²) >= 11 is 0. The molecule has 1 aromatic carbocycles. The number of allylic oxidation sites excluding steroid dienone is 1. The molecule has 2 N–H and O–H groups in total. The highest BCUT2D eigenvalue weighted by Gasteiger charge is 2.20. The average Bonchev–Trinajstić information content (AvgIpc) is 2.83.